The predicted molar refractivity (Wildman–Crippen MR) is 113 cm³/mol. The summed E-state index contributed by atoms with van der Waals surface area (Å²) in [5.74, 6) is 0.953. The molecule has 0 radical (unpaired) electrons. The lowest BCUT2D eigenvalue weighted by molar-refractivity contribution is 0.0629. The third-order valence-corrected chi connectivity index (χ3v) is 5.19. The first-order chi connectivity index (χ1) is 13.5. The second-order valence-corrected chi connectivity index (χ2v) is 8.42. The maximum atomic E-state index is 10.3. The maximum Gasteiger partial charge on any atom is 0.120 e. The molecule has 5 rings (SSSR count). The van der Waals surface area contributed by atoms with Crippen LogP contribution in [0.2, 0.25) is 0 Å². The number of aromatic nitrogens is 2. The zero-order chi connectivity index (χ0) is 19.3. The van der Waals surface area contributed by atoms with Crippen molar-refractivity contribution >= 4 is 21.7 Å². The molecule has 1 saturated carbocycles. The summed E-state index contributed by atoms with van der Waals surface area (Å²) in [6.45, 7) is 4.19. The summed E-state index contributed by atoms with van der Waals surface area (Å²) >= 11 is 0. The molecule has 4 nitrogen and oxygen atoms in total. The van der Waals surface area contributed by atoms with Gasteiger partial charge in [-0.2, -0.15) is 0 Å². The lowest BCUT2D eigenvalue weighted by atomic mass is 10.0. The van der Waals surface area contributed by atoms with Gasteiger partial charge in [-0.05, 0) is 67.3 Å². The monoisotopic (exact) mass is 372 g/mol. The Bertz CT molecular complexity index is 1170. The van der Waals surface area contributed by atoms with Crippen LogP contribution in [0.15, 0.2) is 61.1 Å². The number of nitrogens with zero attached hydrogens (tertiary/aromatic N) is 2. The number of ether oxygens (including phenoxy) is 1. The summed E-state index contributed by atoms with van der Waals surface area (Å²) in [6.07, 6.45) is 8.57. The molecular formula is C24H24N2O2. The normalized spacial score (nSPS) is 14.7. The molecule has 4 aromatic rings. The molecule has 1 aliphatic carbocycles. The van der Waals surface area contributed by atoms with Crippen molar-refractivity contribution in [3.63, 3.8) is 0 Å². The molecule has 2 heterocycles. The lowest BCUT2D eigenvalue weighted by Crippen LogP contribution is -2.25. The van der Waals surface area contributed by atoms with Gasteiger partial charge < -0.3 is 14.4 Å². The Kier molecular flexibility index (Phi) is 3.91. The van der Waals surface area contributed by atoms with Crippen molar-refractivity contribution in [2.75, 3.05) is 0 Å². The highest BCUT2D eigenvalue weighted by atomic mass is 16.5. The first-order valence-electron chi connectivity index (χ1n) is 9.82. The van der Waals surface area contributed by atoms with E-state index in [1.165, 1.54) is 23.6 Å². The average Bonchev–Trinajstić information content (AvgIpc) is 3.41. The van der Waals surface area contributed by atoms with Crippen LogP contribution in [0.4, 0.5) is 0 Å². The zero-order valence-corrected chi connectivity index (χ0v) is 16.2. The molecule has 0 spiro atoms. The molecule has 0 bridgehead atoms. The highest BCUT2D eigenvalue weighted by Crippen LogP contribution is 2.34. The Hall–Kier alpha value is -2.85. The van der Waals surface area contributed by atoms with E-state index in [0.29, 0.717) is 12.6 Å². The minimum atomic E-state index is -0.784. The molecule has 1 N–H and O–H groups in total. The second-order valence-electron chi connectivity index (χ2n) is 8.42. The topological polar surface area (TPSA) is 47.3 Å². The van der Waals surface area contributed by atoms with Crippen molar-refractivity contribution in [1.29, 1.82) is 0 Å². The Morgan fingerprint density at radius 1 is 1.11 bits per heavy atom. The van der Waals surface area contributed by atoms with Crippen LogP contribution in [0.5, 0.6) is 5.75 Å². The van der Waals surface area contributed by atoms with E-state index in [0.717, 1.165) is 27.8 Å². The molecule has 0 atom stereocenters. The van der Waals surface area contributed by atoms with Crippen molar-refractivity contribution in [2.24, 2.45) is 0 Å². The number of aliphatic hydroxyl groups is 1. The number of hydrogen-bond acceptors (Lipinski definition) is 3. The molecule has 0 unspecified atom stereocenters. The molecule has 0 amide bonds. The standard InChI is InChI=1S/C24H24N2O2/c1-24(2,27)15-26-14-22(21-13-25-10-9-23(21)26)18-4-3-17-12-20(28-19-7-8-19)6-5-16(17)11-18/h3-6,9-14,19,27H,7-8,15H2,1-2H3. The van der Waals surface area contributed by atoms with Crippen molar-refractivity contribution in [1.82, 2.24) is 9.55 Å². The molecule has 28 heavy (non-hydrogen) atoms. The van der Waals surface area contributed by atoms with E-state index in [2.05, 4.69) is 52.1 Å². The number of pyridine rings is 1. The van der Waals surface area contributed by atoms with E-state index in [4.69, 9.17) is 4.74 Å². The van der Waals surface area contributed by atoms with Gasteiger partial charge in [-0.25, -0.2) is 0 Å². The Morgan fingerprint density at radius 3 is 2.68 bits per heavy atom. The Morgan fingerprint density at radius 2 is 1.89 bits per heavy atom. The van der Waals surface area contributed by atoms with Gasteiger partial charge in [-0.1, -0.05) is 18.2 Å². The van der Waals surface area contributed by atoms with Crippen LogP contribution in [0.25, 0.3) is 32.8 Å². The van der Waals surface area contributed by atoms with Crippen molar-refractivity contribution < 1.29 is 9.84 Å². The van der Waals surface area contributed by atoms with Crippen LogP contribution in [-0.4, -0.2) is 26.4 Å². The van der Waals surface area contributed by atoms with Crippen LogP contribution in [0.1, 0.15) is 26.7 Å². The molecule has 1 fully saturated rings. The maximum absolute atomic E-state index is 10.3. The lowest BCUT2D eigenvalue weighted by Gasteiger charge is -2.18. The molecule has 142 valence electrons. The predicted octanol–water partition coefficient (Wildman–Crippen LogP) is 5.17. The third kappa shape index (κ3) is 3.36. The molecular weight excluding hydrogens is 348 g/mol. The van der Waals surface area contributed by atoms with Crippen LogP contribution in [-0.2, 0) is 6.54 Å². The average molecular weight is 372 g/mol. The van der Waals surface area contributed by atoms with Gasteiger partial charge in [-0.15, -0.1) is 0 Å². The first kappa shape index (κ1) is 17.3. The van der Waals surface area contributed by atoms with Gasteiger partial charge in [-0.3, -0.25) is 4.98 Å². The van der Waals surface area contributed by atoms with E-state index in [1.54, 1.807) is 6.20 Å². The fraction of sp³-hybridized carbons (Fsp3) is 0.292. The van der Waals surface area contributed by atoms with Gasteiger partial charge in [0.05, 0.1) is 23.8 Å². The fourth-order valence-corrected chi connectivity index (χ4v) is 3.76. The van der Waals surface area contributed by atoms with Gasteiger partial charge in [0, 0.05) is 29.5 Å². The van der Waals surface area contributed by atoms with E-state index in [-0.39, 0.29) is 0 Å². The van der Waals surface area contributed by atoms with Crippen molar-refractivity contribution in [3.05, 3.63) is 61.1 Å². The fourth-order valence-electron chi connectivity index (χ4n) is 3.76. The number of hydrogen-bond donors (Lipinski definition) is 1. The zero-order valence-electron chi connectivity index (χ0n) is 16.2. The molecule has 2 aromatic carbocycles. The smallest absolute Gasteiger partial charge is 0.120 e. The minimum absolute atomic E-state index is 0.408. The quantitative estimate of drug-likeness (QED) is 0.526. The van der Waals surface area contributed by atoms with Gasteiger partial charge in [0.1, 0.15) is 5.75 Å². The second kappa shape index (κ2) is 6.35. The van der Waals surface area contributed by atoms with Crippen LogP contribution >= 0.6 is 0 Å². The number of benzene rings is 2. The van der Waals surface area contributed by atoms with Gasteiger partial charge in [0.25, 0.3) is 0 Å². The highest BCUT2D eigenvalue weighted by molar-refractivity contribution is 5.98. The summed E-state index contributed by atoms with van der Waals surface area (Å²) in [5.41, 5.74) is 2.58. The Balaban J connectivity index is 1.58. The van der Waals surface area contributed by atoms with Crippen LogP contribution in [0, 0.1) is 0 Å². The summed E-state index contributed by atoms with van der Waals surface area (Å²) in [6, 6.07) is 14.8. The number of fused-ring (bicyclic) bond motifs is 2. The SMILES string of the molecule is CC(C)(O)Cn1cc(-c2ccc3cc(OC4CC4)ccc3c2)c2cnccc21. The van der Waals surface area contributed by atoms with Crippen LogP contribution < -0.4 is 4.74 Å². The van der Waals surface area contributed by atoms with E-state index in [1.807, 2.05) is 26.1 Å². The molecule has 0 aliphatic heterocycles. The van der Waals surface area contributed by atoms with Crippen molar-refractivity contribution in [2.45, 2.75) is 44.9 Å². The largest absolute Gasteiger partial charge is 0.490 e. The van der Waals surface area contributed by atoms with Gasteiger partial charge in [0.15, 0.2) is 0 Å². The first-order valence-corrected chi connectivity index (χ1v) is 9.82. The number of rotatable bonds is 5. The summed E-state index contributed by atoms with van der Waals surface area (Å²) < 4.78 is 8.03. The summed E-state index contributed by atoms with van der Waals surface area (Å²) in [7, 11) is 0. The van der Waals surface area contributed by atoms with Crippen molar-refractivity contribution in [3.8, 4) is 16.9 Å². The van der Waals surface area contributed by atoms with Crippen LogP contribution in [0.3, 0.4) is 0 Å². The minimum Gasteiger partial charge on any atom is -0.490 e. The third-order valence-electron chi connectivity index (χ3n) is 5.19. The molecule has 2 aromatic heterocycles. The summed E-state index contributed by atoms with van der Waals surface area (Å²) in [4.78, 5) is 4.32. The van der Waals surface area contributed by atoms with Gasteiger partial charge >= 0.3 is 0 Å². The van der Waals surface area contributed by atoms with E-state index < -0.39 is 5.60 Å². The highest BCUT2D eigenvalue weighted by Gasteiger charge is 2.23. The van der Waals surface area contributed by atoms with E-state index >= 15 is 0 Å². The van der Waals surface area contributed by atoms with Gasteiger partial charge in [0.2, 0.25) is 0 Å². The molecule has 4 heteroatoms. The van der Waals surface area contributed by atoms with E-state index in [9.17, 15) is 5.11 Å². The molecule has 0 saturated heterocycles. The molecule has 1 aliphatic rings. The summed E-state index contributed by atoms with van der Waals surface area (Å²) in [5, 5.41) is 13.8. The Labute approximate surface area is 164 Å².